The predicted molar refractivity (Wildman–Crippen MR) is 142 cm³/mol. The summed E-state index contributed by atoms with van der Waals surface area (Å²) < 4.78 is 62.9. The number of benzene rings is 3. The lowest BCUT2D eigenvalue weighted by Gasteiger charge is -2.15. The molecule has 0 radical (unpaired) electrons. The molecule has 1 aromatic heterocycles. The van der Waals surface area contributed by atoms with Crippen LogP contribution in [0.15, 0.2) is 71.6 Å². The van der Waals surface area contributed by atoms with E-state index in [2.05, 4.69) is 25.0 Å². The highest BCUT2D eigenvalue weighted by Crippen LogP contribution is 2.42. The molecule has 39 heavy (non-hydrogen) atoms. The summed E-state index contributed by atoms with van der Waals surface area (Å²) in [5.41, 5.74) is 2.78. The number of nitrogens with one attached hydrogen (secondary N) is 3. The van der Waals surface area contributed by atoms with Crippen molar-refractivity contribution >= 4 is 26.6 Å². The first-order valence-electron chi connectivity index (χ1n) is 12.5. The number of aliphatic hydroxyl groups is 1. The smallest absolute Gasteiger partial charge is 0.387 e. The number of H-pyrrole nitrogens is 1. The van der Waals surface area contributed by atoms with Gasteiger partial charge in [0.15, 0.2) is 0 Å². The van der Waals surface area contributed by atoms with Gasteiger partial charge in [0.2, 0.25) is 0 Å². The first-order valence-corrected chi connectivity index (χ1v) is 13.9. The predicted octanol–water partition coefficient (Wildman–Crippen LogP) is 4.54. The van der Waals surface area contributed by atoms with Gasteiger partial charge in [-0.1, -0.05) is 18.2 Å². The van der Waals surface area contributed by atoms with Crippen LogP contribution in [0.25, 0.3) is 10.9 Å². The van der Waals surface area contributed by atoms with E-state index in [1.165, 1.54) is 48.9 Å². The van der Waals surface area contributed by atoms with E-state index in [0.29, 0.717) is 30.4 Å². The van der Waals surface area contributed by atoms with Gasteiger partial charge in [0.1, 0.15) is 18.1 Å². The van der Waals surface area contributed by atoms with Crippen LogP contribution in [0, 0.1) is 0 Å². The molecule has 206 valence electrons. The zero-order chi connectivity index (χ0) is 27.4. The Bertz CT molecular complexity index is 1540. The molecule has 1 saturated carbocycles. The highest BCUT2D eigenvalue weighted by molar-refractivity contribution is 7.92. The minimum absolute atomic E-state index is 0.216. The minimum Gasteiger partial charge on any atom is -0.492 e. The summed E-state index contributed by atoms with van der Waals surface area (Å²) in [5.74, 6) is 1.03. The molecule has 0 saturated heterocycles. The molecule has 1 aliphatic rings. The lowest BCUT2D eigenvalue weighted by molar-refractivity contribution is -0.0499. The number of aliphatic hydroxyl groups excluding tert-OH is 1. The Morgan fingerprint density at radius 1 is 1.05 bits per heavy atom. The second-order valence-electron chi connectivity index (χ2n) is 9.24. The first-order chi connectivity index (χ1) is 18.8. The van der Waals surface area contributed by atoms with E-state index in [4.69, 9.17) is 4.74 Å². The summed E-state index contributed by atoms with van der Waals surface area (Å²) >= 11 is 0. The number of hydrogen-bond acceptors (Lipinski definition) is 7. The Morgan fingerprint density at radius 3 is 2.67 bits per heavy atom. The zero-order valence-electron chi connectivity index (χ0n) is 20.8. The van der Waals surface area contributed by atoms with E-state index in [0.717, 1.165) is 17.0 Å². The summed E-state index contributed by atoms with van der Waals surface area (Å²) in [6.45, 7) is -1.99. The molecular weight excluding hydrogens is 530 g/mol. The van der Waals surface area contributed by atoms with Crippen molar-refractivity contribution in [3.8, 4) is 11.5 Å². The van der Waals surface area contributed by atoms with Gasteiger partial charge in [-0.25, -0.2) is 8.42 Å². The molecule has 12 heteroatoms. The SMILES string of the molecule is O=S(=O)(Nc1cccc([C@@H](O)CNCCOc2ccc3c(C4CC4)[nH]nc3c2)c1)c1cccc(OC(F)F)c1. The van der Waals surface area contributed by atoms with Crippen LogP contribution in [0.4, 0.5) is 14.5 Å². The third-order valence-corrected chi connectivity index (χ3v) is 7.67. The highest BCUT2D eigenvalue weighted by Gasteiger charge is 2.27. The molecule has 1 heterocycles. The molecule has 0 amide bonds. The Morgan fingerprint density at radius 2 is 1.87 bits per heavy atom. The molecule has 0 unspecified atom stereocenters. The van der Waals surface area contributed by atoms with Crippen molar-refractivity contribution in [1.29, 1.82) is 0 Å². The first kappa shape index (κ1) is 26.9. The number of halogens is 2. The minimum atomic E-state index is -4.07. The maximum atomic E-state index is 12.7. The molecule has 0 bridgehead atoms. The topological polar surface area (TPSA) is 126 Å². The number of fused-ring (bicyclic) bond motifs is 1. The molecule has 4 aromatic rings. The molecule has 1 aliphatic carbocycles. The quantitative estimate of drug-likeness (QED) is 0.178. The van der Waals surface area contributed by atoms with Crippen LogP contribution >= 0.6 is 0 Å². The van der Waals surface area contributed by atoms with Gasteiger partial charge in [-0.2, -0.15) is 13.9 Å². The van der Waals surface area contributed by atoms with E-state index in [1.807, 2.05) is 18.2 Å². The maximum Gasteiger partial charge on any atom is 0.387 e. The van der Waals surface area contributed by atoms with Crippen LogP contribution in [0.2, 0.25) is 0 Å². The normalized spacial score (nSPS) is 14.5. The number of rotatable bonds is 13. The maximum absolute atomic E-state index is 12.7. The molecule has 5 rings (SSSR count). The number of sulfonamides is 1. The van der Waals surface area contributed by atoms with E-state index >= 15 is 0 Å². The van der Waals surface area contributed by atoms with Crippen LogP contribution in [-0.2, 0) is 10.0 Å². The number of alkyl halides is 2. The van der Waals surface area contributed by atoms with Gasteiger partial charge in [0, 0.05) is 47.9 Å². The lowest BCUT2D eigenvalue weighted by atomic mass is 10.1. The second-order valence-corrected chi connectivity index (χ2v) is 10.9. The van der Waals surface area contributed by atoms with E-state index < -0.39 is 22.7 Å². The third-order valence-electron chi connectivity index (χ3n) is 6.29. The third kappa shape index (κ3) is 6.83. The Hall–Kier alpha value is -3.74. The summed E-state index contributed by atoms with van der Waals surface area (Å²) in [4.78, 5) is -0.233. The molecule has 4 N–H and O–H groups in total. The molecule has 3 aromatic carbocycles. The highest BCUT2D eigenvalue weighted by atomic mass is 32.2. The van der Waals surface area contributed by atoms with Crippen LogP contribution in [0.3, 0.4) is 0 Å². The molecule has 9 nitrogen and oxygen atoms in total. The molecule has 1 atom stereocenters. The fraction of sp³-hybridized carbons (Fsp3) is 0.296. The van der Waals surface area contributed by atoms with Gasteiger partial charge in [-0.15, -0.1) is 0 Å². The van der Waals surface area contributed by atoms with E-state index in [1.54, 1.807) is 12.1 Å². The molecular formula is C27H28F2N4O5S. The van der Waals surface area contributed by atoms with Crippen molar-refractivity contribution in [2.45, 2.75) is 36.4 Å². The van der Waals surface area contributed by atoms with E-state index in [-0.39, 0.29) is 22.9 Å². The van der Waals surface area contributed by atoms with Crippen molar-refractivity contribution in [3.63, 3.8) is 0 Å². The zero-order valence-corrected chi connectivity index (χ0v) is 21.6. The molecule has 1 fully saturated rings. The van der Waals surface area contributed by atoms with Gasteiger partial charge >= 0.3 is 6.61 Å². The number of aromatic amines is 1. The fourth-order valence-electron chi connectivity index (χ4n) is 4.22. The summed E-state index contributed by atoms with van der Waals surface area (Å²) in [6.07, 6.45) is 1.49. The fourth-order valence-corrected chi connectivity index (χ4v) is 5.31. The second kappa shape index (κ2) is 11.6. The number of aromatic nitrogens is 2. The van der Waals surface area contributed by atoms with Crippen molar-refractivity contribution in [2.75, 3.05) is 24.4 Å². The van der Waals surface area contributed by atoms with Crippen LogP contribution in [0.5, 0.6) is 11.5 Å². The number of anilines is 1. The largest absolute Gasteiger partial charge is 0.492 e. The van der Waals surface area contributed by atoms with E-state index in [9.17, 15) is 22.3 Å². The Balaban J connectivity index is 1.11. The van der Waals surface area contributed by atoms with Crippen molar-refractivity contribution in [3.05, 3.63) is 78.0 Å². The average molecular weight is 559 g/mol. The monoisotopic (exact) mass is 558 g/mol. The van der Waals surface area contributed by atoms with Gasteiger partial charge in [-0.05, 0) is 54.8 Å². The van der Waals surface area contributed by atoms with Crippen LogP contribution in [0.1, 0.15) is 36.1 Å². The van der Waals surface area contributed by atoms with Crippen molar-refractivity contribution < 1.29 is 31.8 Å². The summed E-state index contributed by atoms with van der Waals surface area (Å²) in [6, 6.07) is 17.0. The van der Waals surface area contributed by atoms with Gasteiger partial charge in [-0.3, -0.25) is 9.82 Å². The van der Waals surface area contributed by atoms with Crippen LogP contribution in [-0.4, -0.2) is 50.0 Å². The van der Waals surface area contributed by atoms with Crippen molar-refractivity contribution in [1.82, 2.24) is 15.5 Å². The van der Waals surface area contributed by atoms with Crippen molar-refractivity contribution in [2.24, 2.45) is 0 Å². The standard InChI is InChI=1S/C27H28F2N4O5S/c28-27(29)38-21-5-2-6-22(14-21)39(35,36)33-19-4-1-3-18(13-19)25(34)16-30-11-12-37-20-9-10-23-24(15-20)31-32-26(23)17-7-8-17/h1-6,9-10,13-15,17,25,27,30,33-34H,7-8,11-12,16H2,(H,31,32)/t25-/m0/s1. The number of ether oxygens (including phenoxy) is 2. The average Bonchev–Trinajstić information content (AvgIpc) is 3.67. The van der Waals surface area contributed by atoms with Crippen LogP contribution < -0.4 is 19.5 Å². The Labute approximate surface area is 224 Å². The summed E-state index contributed by atoms with van der Waals surface area (Å²) in [7, 11) is -4.07. The number of nitrogens with zero attached hydrogens (tertiary/aromatic N) is 1. The molecule has 0 aliphatic heterocycles. The van der Waals surface area contributed by atoms with Gasteiger partial charge in [0.05, 0.1) is 16.5 Å². The van der Waals surface area contributed by atoms with Gasteiger partial charge < -0.3 is 19.9 Å². The summed E-state index contributed by atoms with van der Waals surface area (Å²) in [5, 5.41) is 22.3. The lowest BCUT2D eigenvalue weighted by Crippen LogP contribution is -2.26. The molecule has 0 spiro atoms. The number of hydrogen-bond donors (Lipinski definition) is 4. The Kier molecular flexibility index (Phi) is 7.96. The van der Waals surface area contributed by atoms with Gasteiger partial charge in [0.25, 0.3) is 10.0 Å².